The van der Waals surface area contributed by atoms with E-state index in [4.69, 9.17) is 11.6 Å². The van der Waals surface area contributed by atoms with E-state index in [0.717, 1.165) is 14.4 Å². The van der Waals surface area contributed by atoms with E-state index in [1.54, 1.807) is 36.0 Å². The van der Waals surface area contributed by atoms with Gasteiger partial charge in [-0.1, -0.05) is 23.7 Å². The fraction of sp³-hybridized carbons (Fsp3) is 0. The molecule has 0 saturated heterocycles. The summed E-state index contributed by atoms with van der Waals surface area (Å²) in [5.41, 5.74) is 2.52. The van der Waals surface area contributed by atoms with Gasteiger partial charge in [0.1, 0.15) is 5.15 Å². The monoisotopic (exact) mass is 324 g/mol. The highest BCUT2D eigenvalue weighted by molar-refractivity contribution is 7.90. The van der Waals surface area contributed by atoms with E-state index in [0.29, 0.717) is 0 Å². The Balaban J connectivity index is 2.12. The summed E-state index contributed by atoms with van der Waals surface area (Å²) < 4.78 is 26.1. The van der Waals surface area contributed by atoms with Gasteiger partial charge in [-0.05, 0) is 29.8 Å². The number of hydrogen-bond acceptors (Lipinski definition) is 4. The standard InChI is InChI=1S/C13H9ClN2O2S2/c14-13-5-2-6-16(13)20(17,18)11-4-1-3-10(7-11)12-8-15-9-19-12/h1-9H. The molecule has 0 atom stereocenters. The van der Waals surface area contributed by atoms with Crippen LogP contribution in [0.3, 0.4) is 0 Å². The minimum absolute atomic E-state index is 0.160. The average molecular weight is 325 g/mol. The van der Waals surface area contributed by atoms with Crippen molar-refractivity contribution in [3.63, 3.8) is 0 Å². The van der Waals surface area contributed by atoms with Crippen LogP contribution in [0.5, 0.6) is 0 Å². The lowest BCUT2D eigenvalue weighted by atomic mass is 10.2. The molecule has 0 aliphatic rings. The van der Waals surface area contributed by atoms with Gasteiger partial charge >= 0.3 is 0 Å². The third-order valence-corrected chi connectivity index (χ3v) is 5.69. The molecule has 0 N–H and O–H groups in total. The summed E-state index contributed by atoms with van der Waals surface area (Å²) in [7, 11) is -3.67. The molecule has 0 saturated carbocycles. The average Bonchev–Trinajstić information content (AvgIpc) is 3.10. The van der Waals surface area contributed by atoms with Crippen LogP contribution in [0.25, 0.3) is 10.4 Å². The molecule has 4 nitrogen and oxygen atoms in total. The number of rotatable bonds is 3. The minimum atomic E-state index is -3.67. The topological polar surface area (TPSA) is 52.0 Å². The van der Waals surface area contributed by atoms with Gasteiger partial charge in [0, 0.05) is 12.4 Å². The highest BCUT2D eigenvalue weighted by atomic mass is 35.5. The molecular weight excluding hydrogens is 316 g/mol. The molecule has 1 aromatic carbocycles. The molecule has 3 rings (SSSR count). The third kappa shape index (κ3) is 2.26. The third-order valence-electron chi connectivity index (χ3n) is 2.77. The van der Waals surface area contributed by atoms with E-state index in [-0.39, 0.29) is 10.0 Å². The van der Waals surface area contributed by atoms with Crippen molar-refractivity contribution in [3.8, 4) is 10.4 Å². The molecule has 3 aromatic rings. The Bertz CT molecular complexity index is 839. The van der Waals surface area contributed by atoms with Crippen LogP contribution >= 0.6 is 22.9 Å². The number of thiazole rings is 1. The Labute approximate surface area is 125 Å². The molecule has 0 aliphatic carbocycles. The van der Waals surface area contributed by atoms with Gasteiger partial charge in [-0.2, -0.15) is 0 Å². The maximum absolute atomic E-state index is 12.5. The first-order valence-corrected chi connectivity index (χ1v) is 8.36. The molecule has 0 fully saturated rings. The maximum atomic E-state index is 12.5. The summed E-state index contributed by atoms with van der Waals surface area (Å²) in [6, 6.07) is 9.86. The lowest BCUT2D eigenvalue weighted by Crippen LogP contribution is -2.11. The molecule has 0 amide bonds. The van der Waals surface area contributed by atoms with Crippen LogP contribution in [0.15, 0.2) is 59.2 Å². The predicted octanol–water partition coefficient (Wildman–Crippen LogP) is 3.50. The summed E-state index contributed by atoms with van der Waals surface area (Å²) in [4.78, 5) is 5.11. The van der Waals surface area contributed by atoms with Crippen molar-refractivity contribution < 1.29 is 8.42 Å². The van der Waals surface area contributed by atoms with Crippen LogP contribution in [-0.2, 0) is 10.0 Å². The Morgan fingerprint density at radius 1 is 1.20 bits per heavy atom. The van der Waals surface area contributed by atoms with Crippen LogP contribution in [0.4, 0.5) is 0 Å². The molecule has 102 valence electrons. The van der Waals surface area contributed by atoms with Crippen LogP contribution in [0.2, 0.25) is 5.15 Å². The molecule has 0 aliphatic heterocycles. The number of halogens is 1. The quantitative estimate of drug-likeness (QED) is 0.741. The molecule has 20 heavy (non-hydrogen) atoms. The summed E-state index contributed by atoms with van der Waals surface area (Å²) >= 11 is 7.35. The van der Waals surface area contributed by atoms with Gasteiger partial charge < -0.3 is 0 Å². The first kappa shape index (κ1) is 13.4. The Kier molecular flexibility index (Phi) is 3.37. The highest BCUT2D eigenvalue weighted by Gasteiger charge is 2.19. The van der Waals surface area contributed by atoms with Gasteiger partial charge in [0.25, 0.3) is 10.0 Å². The molecule has 2 aromatic heterocycles. The van der Waals surface area contributed by atoms with Crippen molar-refractivity contribution in [2.75, 3.05) is 0 Å². The fourth-order valence-corrected chi connectivity index (χ4v) is 4.12. The van der Waals surface area contributed by atoms with E-state index in [2.05, 4.69) is 4.98 Å². The number of benzene rings is 1. The van der Waals surface area contributed by atoms with Crippen LogP contribution in [-0.4, -0.2) is 17.4 Å². The van der Waals surface area contributed by atoms with Crippen molar-refractivity contribution >= 4 is 33.0 Å². The van der Waals surface area contributed by atoms with E-state index >= 15 is 0 Å². The van der Waals surface area contributed by atoms with Crippen molar-refractivity contribution in [2.45, 2.75) is 4.90 Å². The van der Waals surface area contributed by atoms with E-state index in [1.807, 2.05) is 6.07 Å². The Morgan fingerprint density at radius 3 is 2.70 bits per heavy atom. The van der Waals surface area contributed by atoms with Crippen LogP contribution in [0, 0.1) is 0 Å². The largest absolute Gasteiger partial charge is 0.268 e. The molecule has 0 spiro atoms. The first-order chi connectivity index (χ1) is 9.59. The van der Waals surface area contributed by atoms with E-state index in [9.17, 15) is 8.42 Å². The highest BCUT2D eigenvalue weighted by Crippen LogP contribution is 2.27. The first-order valence-electron chi connectivity index (χ1n) is 5.66. The zero-order valence-electron chi connectivity index (χ0n) is 10.1. The molecule has 0 unspecified atom stereocenters. The van der Waals surface area contributed by atoms with E-state index < -0.39 is 10.0 Å². The summed E-state index contributed by atoms with van der Waals surface area (Å²) in [5, 5.41) is 0.160. The van der Waals surface area contributed by atoms with Gasteiger partial charge in [-0.25, -0.2) is 12.4 Å². The van der Waals surface area contributed by atoms with Gasteiger partial charge in [0.15, 0.2) is 0 Å². The smallest absolute Gasteiger partial charge is 0.252 e. The zero-order valence-corrected chi connectivity index (χ0v) is 12.5. The second-order valence-corrected chi connectivity index (χ2v) is 7.11. The fourth-order valence-electron chi connectivity index (χ4n) is 1.82. The van der Waals surface area contributed by atoms with Gasteiger partial charge in [0.2, 0.25) is 0 Å². The lowest BCUT2D eigenvalue weighted by molar-refractivity contribution is 0.587. The lowest BCUT2D eigenvalue weighted by Gasteiger charge is -2.08. The van der Waals surface area contributed by atoms with E-state index in [1.165, 1.54) is 23.6 Å². The summed E-state index contributed by atoms with van der Waals surface area (Å²) in [5.74, 6) is 0. The molecule has 0 radical (unpaired) electrons. The SMILES string of the molecule is O=S(=O)(c1cccc(-c2cncs2)c1)n1cccc1Cl. The number of nitrogens with zero attached hydrogens (tertiary/aromatic N) is 2. The van der Waals surface area contributed by atoms with Crippen molar-refractivity contribution in [3.05, 3.63) is 59.5 Å². The zero-order chi connectivity index (χ0) is 14.2. The van der Waals surface area contributed by atoms with Crippen molar-refractivity contribution in [1.82, 2.24) is 8.96 Å². The maximum Gasteiger partial charge on any atom is 0.268 e. The van der Waals surface area contributed by atoms with Gasteiger partial charge in [0.05, 0.1) is 15.3 Å². The summed E-state index contributed by atoms with van der Waals surface area (Å²) in [6.07, 6.45) is 3.13. The number of aromatic nitrogens is 2. The normalized spacial score (nSPS) is 11.7. The Morgan fingerprint density at radius 2 is 2.05 bits per heavy atom. The van der Waals surface area contributed by atoms with Crippen LogP contribution < -0.4 is 0 Å². The van der Waals surface area contributed by atoms with Crippen molar-refractivity contribution in [1.29, 1.82) is 0 Å². The second-order valence-electron chi connectivity index (χ2n) is 4.03. The molecule has 0 bridgehead atoms. The van der Waals surface area contributed by atoms with Gasteiger partial charge in [-0.3, -0.25) is 4.98 Å². The Hall–Kier alpha value is -1.63. The molecular formula is C13H9ClN2O2S2. The second kappa shape index (κ2) is 5.05. The number of hydrogen-bond donors (Lipinski definition) is 0. The molecule has 2 heterocycles. The van der Waals surface area contributed by atoms with Crippen molar-refractivity contribution in [2.24, 2.45) is 0 Å². The molecule has 7 heteroatoms. The summed E-state index contributed by atoms with van der Waals surface area (Å²) in [6.45, 7) is 0. The van der Waals surface area contributed by atoms with Crippen LogP contribution in [0.1, 0.15) is 0 Å². The van der Waals surface area contributed by atoms with Gasteiger partial charge in [-0.15, -0.1) is 11.3 Å². The minimum Gasteiger partial charge on any atom is -0.252 e. The predicted molar refractivity (Wildman–Crippen MR) is 79.6 cm³/mol.